The van der Waals surface area contributed by atoms with E-state index in [4.69, 9.17) is 19.1 Å². The average molecular weight is 346 g/mol. The van der Waals surface area contributed by atoms with E-state index in [1.807, 2.05) is 0 Å². The van der Waals surface area contributed by atoms with E-state index in [1.54, 1.807) is 0 Å². The van der Waals surface area contributed by atoms with Crippen molar-refractivity contribution in [2.45, 2.75) is 0 Å². The molecule has 0 saturated carbocycles. The summed E-state index contributed by atoms with van der Waals surface area (Å²) in [6, 6.07) is 2.60. The van der Waals surface area contributed by atoms with E-state index < -0.39 is 11.8 Å². The van der Waals surface area contributed by atoms with Crippen molar-refractivity contribution in [1.29, 1.82) is 0 Å². The van der Waals surface area contributed by atoms with Gasteiger partial charge in [0.1, 0.15) is 0 Å². The summed E-state index contributed by atoms with van der Waals surface area (Å²) in [5, 5.41) is 12.2. The molecule has 0 saturated heterocycles. The van der Waals surface area contributed by atoms with Gasteiger partial charge < -0.3 is 19.1 Å². The van der Waals surface area contributed by atoms with Gasteiger partial charge >= 0.3 is 5.97 Å². The number of rotatable bonds is 4. The maximum Gasteiger partial charge on any atom is 0.358 e. The number of carboxylic acids is 1. The van der Waals surface area contributed by atoms with Gasteiger partial charge in [0.15, 0.2) is 28.8 Å². The maximum atomic E-state index is 13.9. The third-order valence-electron chi connectivity index (χ3n) is 2.53. The Morgan fingerprint density at radius 2 is 2.00 bits per heavy atom. The predicted octanol–water partition coefficient (Wildman–Crippen LogP) is 2.96. The number of carbonyl (C=O) groups is 1. The highest BCUT2D eigenvalue weighted by Crippen LogP contribution is 2.43. The summed E-state index contributed by atoms with van der Waals surface area (Å²) in [4.78, 5) is 10.8. The summed E-state index contributed by atoms with van der Waals surface area (Å²) in [6.45, 7) is 0. The summed E-state index contributed by atoms with van der Waals surface area (Å²) < 4.78 is 29.0. The molecule has 2 aromatic rings. The summed E-state index contributed by atoms with van der Waals surface area (Å²) >= 11 is 3.05. The topological polar surface area (TPSA) is 81.8 Å². The Bertz CT molecular complexity index is 670. The van der Waals surface area contributed by atoms with Crippen LogP contribution in [0.3, 0.4) is 0 Å². The Morgan fingerprint density at radius 1 is 1.35 bits per heavy atom. The number of methoxy groups -OCH3 is 2. The number of benzene rings is 1. The molecule has 8 heteroatoms. The lowest BCUT2D eigenvalue weighted by Gasteiger charge is -2.12. The van der Waals surface area contributed by atoms with Gasteiger partial charge in [-0.15, -0.1) is 0 Å². The molecule has 0 amide bonds. The van der Waals surface area contributed by atoms with E-state index in [1.165, 1.54) is 26.4 Å². The van der Waals surface area contributed by atoms with E-state index in [-0.39, 0.29) is 27.4 Å². The van der Waals surface area contributed by atoms with Crippen LogP contribution < -0.4 is 9.47 Å². The fourth-order valence-corrected chi connectivity index (χ4v) is 2.07. The van der Waals surface area contributed by atoms with E-state index in [0.29, 0.717) is 5.56 Å². The van der Waals surface area contributed by atoms with E-state index in [2.05, 4.69) is 21.1 Å². The van der Waals surface area contributed by atoms with Gasteiger partial charge in [-0.2, -0.15) is 0 Å². The standard InChI is InChI=1S/C12H9BrFNO5/c1-18-10-5(3-6(13)9(14)11(10)19-2)8-4-7(12(16)17)15-20-8/h3-4H,1-2H3,(H,16,17). The molecule has 6 nitrogen and oxygen atoms in total. The van der Waals surface area contributed by atoms with Crippen molar-refractivity contribution in [2.24, 2.45) is 0 Å². The molecule has 0 aliphatic rings. The van der Waals surface area contributed by atoms with Crippen molar-refractivity contribution >= 4 is 21.9 Å². The predicted molar refractivity (Wildman–Crippen MR) is 69.7 cm³/mol. The van der Waals surface area contributed by atoms with Crippen LogP contribution in [-0.2, 0) is 0 Å². The zero-order chi connectivity index (χ0) is 14.9. The summed E-state index contributed by atoms with van der Waals surface area (Å²) in [6.07, 6.45) is 0. The molecule has 0 unspecified atom stereocenters. The van der Waals surface area contributed by atoms with Gasteiger partial charge in [-0.1, -0.05) is 5.16 Å². The lowest BCUT2D eigenvalue weighted by molar-refractivity contribution is 0.0686. The van der Waals surface area contributed by atoms with Crippen LogP contribution in [-0.4, -0.2) is 30.5 Å². The van der Waals surface area contributed by atoms with Gasteiger partial charge in [0.2, 0.25) is 0 Å². The van der Waals surface area contributed by atoms with Crippen molar-refractivity contribution in [1.82, 2.24) is 5.16 Å². The molecule has 1 heterocycles. The first-order valence-electron chi connectivity index (χ1n) is 5.30. The van der Waals surface area contributed by atoms with Crippen molar-refractivity contribution in [3.05, 3.63) is 28.1 Å². The Labute approximate surface area is 121 Å². The number of aromatic carboxylic acids is 1. The minimum atomic E-state index is -1.23. The molecular formula is C12H9BrFNO5. The van der Waals surface area contributed by atoms with Crippen molar-refractivity contribution in [3.63, 3.8) is 0 Å². The second kappa shape index (κ2) is 5.49. The van der Waals surface area contributed by atoms with Crippen molar-refractivity contribution in [2.75, 3.05) is 14.2 Å². The quantitative estimate of drug-likeness (QED) is 0.917. The molecule has 2 rings (SSSR count). The van der Waals surface area contributed by atoms with Gasteiger partial charge in [0, 0.05) is 6.07 Å². The minimum absolute atomic E-state index is 0.0845. The smallest absolute Gasteiger partial charge is 0.358 e. The fraction of sp³-hybridized carbons (Fsp3) is 0.167. The van der Waals surface area contributed by atoms with Gasteiger partial charge in [-0.25, -0.2) is 9.18 Å². The molecule has 0 spiro atoms. The van der Waals surface area contributed by atoms with Gasteiger partial charge in [-0.3, -0.25) is 0 Å². The normalized spacial score (nSPS) is 10.4. The molecule has 20 heavy (non-hydrogen) atoms. The van der Waals surface area contributed by atoms with Crippen LogP contribution >= 0.6 is 15.9 Å². The lowest BCUT2D eigenvalue weighted by atomic mass is 10.1. The number of nitrogens with zero attached hydrogens (tertiary/aromatic N) is 1. The third kappa shape index (κ3) is 2.34. The minimum Gasteiger partial charge on any atom is -0.492 e. The number of carboxylic acid groups (broad SMARTS) is 1. The second-order valence-electron chi connectivity index (χ2n) is 3.67. The van der Waals surface area contributed by atoms with Gasteiger partial charge in [-0.05, 0) is 22.0 Å². The van der Waals surface area contributed by atoms with E-state index >= 15 is 0 Å². The Hall–Kier alpha value is -2.09. The second-order valence-corrected chi connectivity index (χ2v) is 4.52. The molecule has 1 N–H and O–H groups in total. The van der Waals surface area contributed by atoms with Crippen LogP contribution in [0.15, 0.2) is 21.1 Å². The molecule has 0 radical (unpaired) electrons. The van der Waals surface area contributed by atoms with Gasteiger partial charge in [0.05, 0.1) is 24.3 Å². The van der Waals surface area contributed by atoms with Crippen LogP contribution in [0.25, 0.3) is 11.3 Å². The number of halogens is 2. The first-order chi connectivity index (χ1) is 9.49. The highest BCUT2D eigenvalue weighted by molar-refractivity contribution is 9.10. The average Bonchev–Trinajstić information content (AvgIpc) is 2.90. The Morgan fingerprint density at radius 3 is 2.50 bits per heavy atom. The summed E-state index contributed by atoms with van der Waals surface area (Å²) in [5.41, 5.74) is 0.0547. The Kier molecular flexibility index (Phi) is 3.93. The van der Waals surface area contributed by atoms with Crippen LogP contribution in [0.1, 0.15) is 10.5 Å². The molecule has 0 atom stereocenters. The molecule has 106 valence electrons. The largest absolute Gasteiger partial charge is 0.492 e. The van der Waals surface area contributed by atoms with Crippen LogP contribution in [0.4, 0.5) is 4.39 Å². The lowest BCUT2D eigenvalue weighted by Crippen LogP contribution is -1.97. The monoisotopic (exact) mass is 345 g/mol. The molecule has 0 bridgehead atoms. The first kappa shape index (κ1) is 14.3. The number of aromatic nitrogens is 1. The summed E-state index contributed by atoms with van der Waals surface area (Å²) in [5.74, 6) is -1.78. The van der Waals surface area contributed by atoms with E-state index in [9.17, 15) is 9.18 Å². The molecule has 0 aliphatic heterocycles. The number of ether oxygens (including phenoxy) is 2. The molecule has 1 aromatic heterocycles. The van der Waals surface area contributed by atoms with Crippen LogP contribution in [0, 0.1) is 5.82 Å². The molecule has 0 fully saturated rings. The van der Waals surface area contributed by atoms with E-state index in [0.717, 1.165) is 0 Å². The Balaban J connectivity index is 2.66. The fourth-order valence-electron chi connectivity index (χ4n) is 1.66. The maximum absolute atomic E-state index is 13.9. The van der Waals surface area contributed by atoms with Crippen LogP contribution in [0.2, 0.25) is 0 Å². The van der Waals surface area contributed by atoms with Gasteiger partial charge in [0.25, 0.3) is 0 Å². The first-order valence-corrected chi connectivity index (χ1v) is 6.09. The zero-order valence-electron chi connectivity index (χ0n) is 10.4. The third-order valence-corrected chi connectivity index (χ3v) is 3.11. The molecular weight excluding hydrogens is 337 g/mol. The highest BCUT2D eigenvalue weighted by atomic mass is 79.9. The molecule has 1 aromatic carbocycles. The summed E-state index contributed by atoms with van der Waals surface area (Å²) in [7, 11) is 2.63. The number of hydrogen-bond donors (Lipinski definition) is 1. The van der Waals surface area contributed by atoms with Crippen LogP contribution in [0.5, 0.6) is 11.5 Å². The molecule has 0 aliphatic carbocycles. The zero-order valence-corrected chi connectivity index (χ0v) is 12.0. The van der Waals surface area contributed by atoms with Crippen molar-refractivity contribution in [3.8, 4) is 22.8 Å². The SMILES string of the molecule is COc1c(-c2cc(C(=O)O)no2)cc(Br)c(F)c1OC. The highest BCUT2D eigenvalue weighted by Gasteiger charge is 2.23. The van der Waals surface area contributed by atoms with Crippen molar-refractivity contribution < 1.29 is 28.3 Å². The number of hydrogen-bond acceptors (Lipinski definition) is 5.